The smallest absolute Gasteiger partial charge is 0.306 e. The molecule has 6 heteroatoms. The van der Waals surface area contributed by atoms with Crippen molar-refractivity contribution in [3.8, 4) is 0 Å². The van der Waals surface area contributed by atoms with Crippen LogP contribution in [0.1, 0.15) is 29.6 Å². The first-order valence-electron chi connectivity index (χ1n) is 7.89. The number of ether oxygens (including phenoxy) is 1. The number of nitrogens with one attached hydrogen (secondary N) is 1. The molecular weight excluding hydrogens is 308 g/mol. The van der Waals surface area contributed by atoms with Gasteiger partial charge < -0.3 is 15.0 Å². The summed E-state index contributed by atoms with van der Waals surface area (Å²) in [6, 6.07) is 6.55. The number of benzene rings is 1. The molecule has 128 valence electrons. The lowest BCUT2D eigenvalue weighted by molar-refractivity contribution is -0.147. The maximum absolute atomic E-state index is 11.8. The highest BCUT2D eigenvalue weighted by molar-refractivity contribution is 5.96. The van der Waals surface area contributed by atoms with Crippen molar-refractivity contribution in [1.29, 1.82) is 0 Å². The molecule has 1 aliphatic rings. The van der Waals surface area contributed by atoms with Crippen molar-refractivity contribution in [2.45, 2.75) is 19.3 Å². The lowest BCUT2D eigenvalue weighted by Crippen LogP contribution is -2.22. The van der Waals surface area contributed by atoms with Crippen LogP contribution in [-0.4, -0.2) is 43.4 Å². The first-order valence-corrected chi connectivity index (χ1v) is 7.89. The molecule has 1 N–H and O–H groups in total. The minimum absolute atomic E-state index is 0.109. The predicted molar refractivity (Wildman–Crippen MR) is 90.5 cm³/mol. The SMILES string of the molecule is CN(C)C(=O)c1ccc(NC(=O)COC(=O)C[C@@H]2C=CCC2)cc1. The zero-order chi connectivity index (χ0) is 17.5. The third-order valence-electron chi connectivity index (χ3n) is 3.73. The molecule has 0 spiro atoms. The Labute approximate surface area is 141 Å². The van der Waals surface area contributed by atoms with Gasteiger partial charge in [0, 0.05) is 25.3 Å². The highest BCUT2D eigenvalue weighted by atomic mass is 16.5. The number of esters is 1. The van der Waals surface area contributed by atoms with Crippen LogP contribution < -0.4 is 5.32 Å². The molecule has 0 aromatic heterocycles. The monoisotopic (exact) mass is 330 g/mol. The van der Waals surface area contributed by atoms with Crippen LogP contribution in [0, 0.1) is 5.92 Å². The van der Waals surface area contributed by atoms with Gasteiger partial charge in [0.2, 0.25) is 0 Å². The fraction of sp³-hybridized carbons (Fsp3) is 0.389. The van der Waals surface area contributed by atoms with Gasteiger partial charge in [-0.3, -0.25) is 14.4 Å². The van der Waals surface area contributed by atoms with E-state index in [2.05, 4.69) is 11.4 Å². The fourth-order valence-electron chi connectivity index (χ4n) is 2.44. The number of amides is 2. The van der Waals surface area contributed by atoms with Crippen LogP contribution in [0.5, 0.6) is 0 Å². The molecule has 0 saturated carbocycles. The van der Waals surface area contributed by atoms with Gasteiger partial charge in [-0.2, -0.15) is 0 Å². The summed E-state index contributed by atoms with van der Waals surface area (Å²) in [6.45, 7) is -0.312. The van der Waals surface area contributed by atoms with Crippen molar-refractivity contribution in [3.05, 3.63) is 42.0 Å². The minimum Gasteiger partial charge on any atom is -0.456 e. The average molecular weight is 330 g/mol. The molecule has 2 rings (SSSR count). The number of carbonyl (C=O) groups is 3. The Morgan fingerprint density at radius 2 is 1.92 bits per heavy atom. The van der Waals surface area contributed by atoms with Gasteiger partial charge >= 0.3 is 5.97 Å². The van der Waals surface area contributed by atoms with Gasteiger partial charge in [0.1, 0.15) is 0 Å². The number of anilines is 1. The Hall–Kier alpha value is -2.63. The quantitative estimate of drug-likeness (QED) is 0.641. The van der Waals surface area contributed by atoms with Crippen LogP contribution in [0.2, 0.25) is 0 Å². The number of hydrogen-bond donors (Lipinski definition) is 1. The van der Waals surface area contributed by atoms with Crippen molar-refractivity contribution in [3.63, 3.8) is 0 Å². The summed E-state index contributed by atoms with van der Waals surface area (Å²) in [5.41, 5.74) is 1.08. The van der Waals surface area contributed by atoms with Gasteiger partial charge in [-0.15, -0.1) is 0 Å². The van der Waals surface area contributed by atoms with Crippen LogP contribution in [0.15, 0.2) is 36.4 Å². The molecule has 0 aliphatic heterocycles. The number of hydrogen-bond acceptors (Lipinski definition) is 4. The maximum atomic E-state index is 11.8. The molecule has 0 heterocycles. The molecule has 1 aromatic carbocycles. The Balaban J connectivity index is 1.76. The number of allylic oxidation sites excluding steroid dienone is 2. The van der Waals surface area contributed by atoms with Gasteiger partial charge in [-0.05, 0) is 43.0 Å². The van der Waals surface area contributed by atoms with E-state index in [0.29, 0.717) is 17.7 Å². The normalized spacial score (nSPS) is 15.8. The molecule has 0 radical (unpaired) electrons. The van der Waals surface area contributed by atoms with E-state index in [1.165, 1.54) is 4.90 Å². The van der Waals surface area contributed by atoms with Gasteiger partial charge in [0.05, 0.1) is 6.42 Å². The number of carbonyl (C=O) groups excluding carboxylic acids is 3. The van der Waals surface area contributed by atoms with E-state index >= 15 is 0 Å². The molecule has 0 saturated heterocycles. The van der Waals surface area contributed by atoms with E-state index < -0.39 is 5.91 Å². The number of nitrogens with zero attached hydrogens (tertiary/aromatic N) is 1. The molecule has 0 unspecified atom stereocenters. The Morgan fingerprint density at radius 3 is 2.50 bits per heavy atom. The highest BCUT2D eigenvalue weighted by Gasteiger charge is 2.16. The number of rotatable bonds is 6. The predicted octanol–water partition coefficient (Wildman–Crippen LogP) is 2.23. The van der Waals surface area contributed by atoms with Crippen molar-refractivity contribution < 1.29 is 19.1 Å². The molecule has 2 amide bonds. The van der Waals surface area contributed by atoms with E-state index in [1.54, 1.807) is 38.4 Å². The Bertz CT molecular complexity index is 635. The van der Waals surface area contributed by atoms with Crippen LogP contribution in [-0.2, 0) is 14.3 Å². The lowest BCUT2D eigenvalue weighted by Gasteiger charge is -2.11. The van der Waals surface area contributed by atoms with Gasteiger partial charge in [-0.1, -0.05) is 12.2 Å². The Morgan fingerprint density at radius 1 is 1.21 bits per heavy atom. The van der Waals surface area contributed by atoms with Crippen molar-refractivity contribution >= 4 is 23.5 Å². The molecule has 0 fully saturated rings. The fourth-order valence-corrected chi connectivity index (χ4v) is 2.44. The van der Waals surface area contributed by atoms with Crippen LogP contribution in [0.4, 0.5) is 5.69 Å². The summed E-state index contributed by atoms with van der Waals surface area (Å²) in [5, 5.41) is 2.63. The summed E-state index contributed by atoms with van der Waals surface area (Å²) in [4.78, 5) is 36.7. The Kier molecular flexibility index (Phi) is 6.12. The summed E-state index contributed by atoms with van der Waals surface area (Å²) in [5.74, 6) is -0.657. The molecule has 0 bridgehead atoms. The van der Waals surface area contributed by atoms with E-state index in [1.807, 2.05) is 6.08 Å². The van der Waals surface area contributed by atoms with Crippen molar-refractivity contribution in [1.82, 2.24) is 4.90 Å². The molecule has 1 atom stereocenters. The largest absolute Gasteiger partial charge is 0.456 e. The lowest BCUT2D eigenvalue weighted by atomic mass is 10.1. The third kappa shape index (κ3) is 5.22. The van der Waals surface area contributed by atoms with Gasteiger partial charge in [0.15, 0.2) is 6.61 Å². The summed E-state index contributed by atoms with van der Waals surface area (Å²) in [6.07, 6.45) is 6.32. The van der Waals surface area contributed by atoms with Crippen LogP contribution in [0.3, 0.4) is 0 Å². The van der Waals surface area contributed by atoms with Crippen LogP contribution in [0.25, 0.3) is 0 Å². The third-order valence-corrected chi connectivity index (χ3v) is 3.73. The second-order valence-corrected chi connectivity index (χ2v) is 5.96. The van der Waals surface area contributed by atoms with E-state index in [-0.39, 0.29) is 24.4 Å². The van der Waals surface area contributed by atoms with Crippen LogP contribution >= 0.6 is 0 Å². The first-order chi connectivity index (χ1) is 11.5. The standard InChI is InChI=1S/C18H22N2O4/c1-20(2)18(23)14-7-9-15(10-8-14)19-16(21)12-24-17(22)11-13-5-3-4-6-13/h3,5,7-10,13H,4,6,11-12H2,1-2H3,(H,19,21)/t13-/m1/s1. The van der Waals surface area contributed by atoms with Crippen molar-refractivity contribution in [2.75, 3.05) is 26.0 Å². The molecular formula is C18H22N2O4. The summed E-state index contributed by atoms with van der Waals surface area (Å²) < 4.78 is 4.99. The minimum atomic E-state index is -0.406. The van der Waals surface area contributed by atoms with Crippen molar-refractivity contribution in [2.24, 2.45) is 5.92 Å². The maximum Gasteiger partial charge on any atom is 0.306 e. The molecule has 1 aromatic rings. The highest BCUT2D eigenvalue weighted by Crippen LogP contribution is 2.20. The van der Waals surface area contributed by atoms with E-state index in [9.17, 15) is 14.4 Å². The molecule has 24 heavy (non-hydrogen) atoms. The second-order valence-electron chi connectivity index (χ2n) is 5.96. The van der Waals surface area contributed by atoms with E-state index in [0.717, 1.165) is 12.8 Å². The average Bonchev–Trinajstić information content (AvgIpc) is 3.06. The summed E-state index contributed by atoms with van der Waals surface area (Å²) >= 11 is 0. The molecule has 6 nitrogen and oxygen atoms in total. The summed E-state index contributed by atoms with van der Waals surface area (Å²) in [7, 11) is 3.35. The zero-order valence-electron chi connectivity index (χ0n) is 14.0. The molecule has 1 aliphatic carbocycles. The topological polar surface area (TPSA) is 75.7 Å². The zero-order valence-corrected chi connectivity index (χ0v) is 14.0. The first kappa shape index (κ1) is 17.7. The van der Waals surface area contributed by atoms with Gasteiger partial charge in [0.25, 0.3) is 11.8 Å². The second kappa shape index (κ2) is 8.29. The van der Waals surface area contributed by atoms with E-state index in [4.69, 9.17) is 4.74 Å². The van der Waals surface area contributed by atoms with Gasteiger partial charge in [-0.25, -0.2) is 0 Å².